The average molecular weight is 300 g/mol. The summed E-state index contributed by atoms with van der Waals surface area (Å²) in [4.78, 5) is 10.9. The number of rotatable bonds is 6. The van der Waals surface area contributed by atoms with E-state index in [0.717, 1.165) is 17.4 Å². The Bertz CT molecular complexity index is 368. The van der Waals surface area contributed by atoms with Crippen LogP contribution in [-0.4, -0.2) is 19.6 Å². The summed E-state index contributed by atoms with van der Waals surface area (Å²) in [6, 6.07) is 8.40. The predicted octanol–water partition coefficient (Wildman–Crippen LogP) is 3.05. The van der Waals surface area contributed by atoms with Gasteiger partial charge in [0.15, 0.2) is 0 Å². The van der Waals surface area contributed by atoms with Gasteiger partial charge in [-0.15, -0.1) is 0 Å². The zero-order chi connectivity index (χ0) is 12.7. The molecule has 17 heavy (non-hydrogen) atoms. The van der Waals surface area contributed by atoms with Crippen molar-refractivity contribution in [2.24, 2.45) is 0 Å². The first kappa shape index (κ1) is 14.2. The Morgan fingerprint density at radius 3 is 2.82 bits per heavy atom. The summed E-state index contributed by atoms with van der Waals surface area (Å²) in [7, 11) is 1.42. The smallest absolute Gasteiger partial charge is 0.305 e. The molecule has 3 nitrogen and oxygen atoms in total. The first-order valence-corrected chi connectivity index (χ1v) is 6.49. The van der Waals surface area contributed by atoms with Gasteiger partial charge in [-0.3, -0.25) is 4.79 Å². The largest absolute Gasteiger partial charge is 0.469 e. The summed E-state index contributed by atoms with van der Waals surface area (Å²) in [6.45, 7) is 2.91. The van der Waals surface area contributed by atoms with E-state index in [1.807, 2.05) is 18.2 Å². The maximum atomic E-state index is 10.9. The van der Waals surface area contributed by atoms with Crippen molar-refractivity contribution in [3.8, 4) is 0 Å². The number of benzene rings is 1. The molecule has 0 aromatic heterocycles. The standard InChI is InChI=1S/C13H18BrNO2/c1-10(11-6-3-4-7-12(11)14)15-9-5-8-13(16)17-2/h3-4,6-7,10,15H,5,8-9H2,1-2H3. The summed E-state index contributed by atoms with van der Waals surface area (Å²) in [5.41, 5.74) is 1.23. The lowest BCUT2D eigenvalue weighted by molar-refractivity contribution is -0.140. The summed E-state index contributed by atoms with van der Waals surface area (Å²) in [5.74, 6) is -0.152. The van der Waals surface area contributed by atoms with E-state index in [1.54, 1.807) is 0 Å². The molecule has 0 aliphatic heterocycles. The van der Waals surface area contributed by atoms with Gasteiger partial charge in [0, 0.05) is 16.9 Å². The first-order chi connectivity index (χ1) is 8.15. The van der Waals surface area contributed by atoms with Crippen LogP contribution < -0.4 is 5.32 Å². The summed E-state index contributed by atoms with van der Waals surface area (Å²) in [5, 5.41) is 3.38. The van der Waals surface area contributed by atoms with E-state index in [9.17, 15) is 4.79 Å². The molecule has 0 spiro atoms. The Hall–Kier alpha value is -0.870. The molecule has 1 rings (SSSR count). The van der Waals surface area contributed by atoms with Crippen molar-refractivity contribution < 1.29 is 9.53 Å². The molecule has 0 radical (unpaired) electrons. The van der Waals surface area contributed by atoms with Gasteiger partial charge in [0.25, 0.3) is 0 Å². The van der Waals surface area contributed by atoms with Crippen LogP contribution in [0.5, 0.6) is 0 Å². The Balaban J connectivity index is 2.33. The van der Waals surface area contributed by atoms with Crippen LogP contribution >= 0.6 is 15.9 Å². The van der Waals surface area contributed by atoms with Gasteiger partial charge in [0.2, 0.25) is 0 Å². The molecule has 94 valence electrons. The molecule has 1 N–H and O–H groups in total. The molecule has 1 aromatic rings. The van der Waals surface area contributed by atoms with Crippen LogP contribution in [0, 0.1) is 0 Å². The van der Waals surface area contributed by atoms with Gasteiger partial charge in [-0.25, -0.2) is 0 Å². The van der Waals surface area contributed by atoms with Crippen molar-refractivity contribution in [3.05, 3.63) is 34.3 Å². The van der Waals surface area contributed by atoms with Crippen molar-refractivity contribution >= 4 is 21.9 Å². The van der Waals surface area contributed by atoms with E-state index < -0.39 is 0 Å². The normalized spacial score (nSPS) is 12.2. The second-order valence-corrected chi connectivity index (χ2v) is 4.73. The Labute approximate surface area is 111 Å². The van der Waals surface area contributed by atoms with Crippen LogP contribution in [0.1, 0.15) is 31.4 Å². The fraction of sp³-hybridized carbons (Fsp3) is 0.462. The average Bonchev–Trinajstić information content (AvgIpc) is 2.34. The molecular formula is C13H18BrNO2. The number of hydrogen-bond acceptors (Lipinski definition) is 3. The monoisotopic (exact) mass is 299 g/mol. The lowest BCUT2D eigenvalue weighted by atomic mass is 10.1. The van der Waals surface area contributed by atoms with Gasteiger partial charge in [0.1, 0.15) is 0 Å². The molecule has 0 fully saturated rings. The second-order valence-electron chi connectivity index (χ2n) is 3.88. The van der Waals surface area contributed by atoms with Gasteiger partial charge in [-0.1, -0.05) is 34.1 Å². The predicted molar refractivity (Wildman–Crippen MR) is 71.8 cm³/mol. The molecule has 0 amide bonds. The summed E-state index contributed by atoms with van der Waals surface area (Å²) >= 11 is 3.53. The molecule has 4 heteroatoms. The van der Waals surface area contributed by atoms with Crippen LogP contribution in [0.25, 0.3) is 0 Å². The van der Waals surface area contributed by atoms with Crippen LogP contribution in [0.3, 0.4) is 0 Å². The number of esters is 1. The minimum atomic E-state index is -0.152. The third-order valence-electron chi connectivity index (χ3n) is 2.61. The molecular weight excluding hydrogens is 282 g/mol. The number of carbonyl (C=O) groups is 1. The Morgan fingerprint density at radius 2 is 2.18 bits per heavy atom. The summed E-state index contributed by atoms with van der Waals surface area (Å²) in [6.07, 6.45) is 1.26. The summed E-state index contributed by atoms with van der Waals surface area (Å²) < 4.78 is 5.69. The zero-order valence-corrected chi connectivity index (χ0v) is 11.8. The molecule has 0 bridgehead atoms. The highest BCUT2D eigenvalue weighted by atomic mass is 79.9. The molecule has 0 saturated heterocycles. The number of halogens is 1. The third-order valence-corrected chi connectivity index (χ3v) is 3.33. The lowest BCUT2D eigenvalue weighted by Crippen LogP contribution is -2.21. The van der Waals surface area contributed by atoms with Gasteiger partial charge >= 0.3 is 5.97 Å². The van der Waals surface area contributed by atoms with Crippen molar-refractivity contribution in [2.45, 2.75) is 25.8 Å². The fourth-order valence-corrected chi connectivity index (χ4v) is 2.22. The van der Waals surface area contributed by atoms with Gasteiger partial charge < -0.3 is 10.1 Å². The van der Waals surface area contributed by atoms with E-state index >= 15 is 0 Å². The molecule has 0 aliphatic rings. The molecule has 0 heterocycles. The number of nitrogens with one attached hydrogen (secondary N) is 1. The number of carbonyl (C=O) groups excluding carboxylic acids is 1. The van der Waals surface area contributed by atoms with Gasteiger partial charge in [0.05, 0.1) is 7.11 Å². The van der Waals surface area contributed by atoms with E-state index in [1.165, 1.54) is 12.7 Å². The Kier molecular flexibility index (Phi) is 6.22. The molecule has 0 aliphatic carbocycles. The minimum Gasteiger partial charge on any atom is -0.469 e. The maximum Gasteiger partial charge on any atom is 0.305 e. The maximum absolute atomic E-state index is 10.9. The van der Waals surface area contributed by atoms with Crippen LogP contribution in [-0.2, 0) is 9.53 Å². The number of hydrogen-bond donors (Lipinski definition) is 1. The van der Waals surface area contributed by atoms with E-state index in [0.29, 0.717) is 6.42 Å². The van der Waals surface area contributed by atoms with Crippen LogP contribution in [0.15, 0.2) is 28.7 Å². The minimum absolute atomic E-state index is 0.152. The highest BCUT2D eigenvalue weighted by Crippen LogP contribution is 2.22. The Morgan fingerprint density at radius 1 is 1.47 bits per heavy atom. The lowest BCUT2D eigenvalue weighted by Gasteiger charge is -2.15. The zero-order valence-electron chi connectivity index (χ0n) is 10.2. The fourth-order valence-electron chi connectivity index (χ4n) is 1.59. The SMILES string of the molecule is COC(=O)CCCNC(C)c1ccccc1Br. The quantitative estimate of drug-likeness (QED) is 0.648. The van der Waals surface area contributed by atoms with E-state index in [4.69, 9.17) is 0 Å². The van der Waals surface area contributed by atoms with Crippen molar-refractivity contribution in [1.82, 2.24) is 5.32 Å². The highest BCUT2D eigenvalue weighted by molar-refractivity contribution is 9.10. The number of ether oxygens (including phenoxy) is 1. The van der Waals surface area contributed by atoms with Gasteiger partial charge in [-0.2, -0.15) is 0 Å². The molecule has 1 unspecified atom stereocenters. The van der Waals surface area contributed by atoms with Crippen molar-refractivity contribution in [2.75, 3.05) is 13.7 Å². The molecule has 0 saturated carbocycles. The second kappa shape index (κ2) is 7.45. The first-order valence-electron chi connectivity index (χ1n) is 5.69. The molecule has 1 aromatic carbocycles. The topological polar surface area (TPSA) is 38.3 Å². The number of methoxy groups -OCH3 is 1. The van der Waals surface area contributed by atoms with Crippen LogP contribution in [0.4, 0.5) is 0 Å². The third kappa shape index (κ3) is 4.88. The van der Waals surface area contributed by atoms with Crippen molar-refractivity contribution in [1.29, 1.82) is 0 Å². The van der Waals surface area contributed by atoms with Crippen molar-refractivity contribution in [3.63, 3.8) is 0 Å². The van der Waals surface area contributed by atoms with Crippen LogP contribution in [0.2, 0.25) is 0 Å². The van der Waals surface area contributed by atoms with E-state index in [-0.39, 0.29) is 12.0 Å². The van der Waals surface area contributed by atoms with Gasteiger partial charge in [-0.05, 0) is 31.5 Å². The highest BCUT2D eigenvalue weighted by Gasteiger charge is 2.08. The molecule has 1 atom stereocenters. The van der Waals surface area contributed by atoms with E-state index in [2.05, 4.69) is 39.0 Å².